The molecule has 3 unspecified atom stereocenters. The van der Waals surface area contributed by atoms with Crippen molar-refractivity contribution in [1.82, 2.24) is 9.03 Å². The van der Waals surface area contributed by atoms with Crippen LogP contribution in [0.1, 0.15) is 43.4 Å². The standard InChI is InChI=1S/C15H21BrN2O2S/c1-11-6-4-5-9-18(11)21(19,20)17-15-13-8-3-2-7-12(13)10-14(15)16/h2-3,7-8,11,14-15,17H,4-6,9-10H2,1H3. The Morgan fingerprint density at radius 2 is 2.05 bits per heavy atom. The SMILES string of the molecule is CC1CCCCN1S(=O)(=O)NC1c2ccccc2CC1Br. The summed E-state index contributed by atoms with van der Waals surface area (Å²) in [6.45, 7) is 2.62. The molecule has 6 heteroatoms. The topological polar surface area (TPSA) is 49.4 Å². The van der Waals surface area contributed by atoms with Gasteiger partial charge >= 0.3 is 0 Å². The fourth-order valence-corrected chi connectivity index (χ4v) is 5.98. The van der Waals surface area contributed by atoms with Crippen LogP contribution in [0.2, 0.25) is 0 Å². The van der Waals surface area contributed by atoms with Gasteiger partial charge in [-0.2, -0.15) is 17.4 Å². The van der Waals surface area contributed by atoms with Crippen molar-refractivity contribution in [3.63, 3.8) is 0 Å². The van der Waals surface area contributed by atoms with Crippen LogP contribution >= 0.6 is 15.9 Å². The minimum atomic E-state index is -3.44. The fourth-order valence-electron chi connectivity index (χ4n) is 3.34. The van der Waals surface area contributed by atoms with Crippen LogP contribution in [-0.2, 0) is 16.6 Å². The summed E-state index contributed by atoms with van der Waals surface area (Å²) in [5, 5.41) is 0. The summed E-state index contributed by atoms with van der Waals surface area (Å²) >= 11 is 3.63. The lowest BCUT2D eigenvalue weighted by molar-refractivity contribution is 0.264. The van der Waals surface area contributed by atoms with Crippen LogP contribution in [-0.4, -0.2) is 30.1 Å². The van der Waals surface area contributed by atoms with Gasteiger partial charge in [-0.05, 0) is 37.3 Å². The van der Waals surface area contributed by atoms with E-state index >= 15 is 0 Å². The second kappa shape index (κ2) is 5.99. The number of piperidine rings is 1. The van der Waals surface area contributed by atoms with Crippen LogP contribution in [0.3, 0.4) is 0 Å². The number of hydrogen-bond acceptors (Lipinski definition) is 2. The molecular formula is C15H21BrN2O2S. The molecule has 0 spiro atoms. The Hall–Kier alpha value is -0.430. The highest BCUT2D eigenvalue weighted by Gasteiger charge is 2.37. The minimum Gasteiger partial charge on any atom is -0.195 e. The third kappa shape index (κ3) is 3.04. The van der Waals surface area contributed by atoms with E-state index in [1.165, 1.54) is 5.56 Å². The van der Waals surface area contributed by atoms with Crippen LogP contribution in [0.5, 0.6) is 0 Å². The van der Waals surface area contributed by atoms with E-state index in [0.29, 0.717) is 6.54 Å². The van der Waals surface area contributed by atoms with Crippen molar-refractivity contribution in [2.75, 3.05) is 6.54 Å². The van der Waals surface area contributed by atoms with E-state index in [4.69, 9.17) is 0 Å². The molecule has 21 heavy (non-hydrogen) atoms. The first-order valence-electron chi connectivity index (χ1n) is 7.50. The highest BCUT2D eigenvalue weighted by molar-refractivity contribution is 9.09. The highest BCUT2D eigenvalue weighted by atomic mass is 79.9. The molecule has 1 aromatic carbocycles. The summed E-state index contributed by atoms with van der Waals surface area (Å²) in [5.41, 5.74) is 2.31. The molecule has 1 fully saturated rings. The van der Waals surface area contributed by atoms with Crippen molar-refractivity contribution in [2.24, 2.45) is 0 Å². The Balaban J connectivity index is 1.82. The number of nitrogens with zero attached hydrogens (tertiary/aromatic N) is 1. The summed E-state index contributed by atoms with van der Waals surface area (Å²) in [7, 11) is -3.44. The van der Waals surface area contributed by atoms with E-state index < -0.39 is 10.2 Å². The van der Waals surface area contributed by atoms with Gasteiger partial charge in [-0.3, -0.25) is 0 Å². The van der Waals surface area contributed by atoms with Crippen LogP contribution in [0.4, 0.5) is 0 Å². The zero-order chi connectivity index (χ0) is 15.0. The predicted octanol–water partition coefficient (Wildman–Crippen LogP) is 2.76. The zero-order valence-corrected chi connectivity index (χ0v) is 14.5. The Labute approximate surface area is 135 Å². The van der Waals surface area contributed by atoms with Crippen LogP contribution in [0.15, 0.2) is 24.3 Å². The molecule has 1 aliphatic carbocycles. The fraction of sp³-hybridized carbons (Fsp3) is 0.600. The monoisotopic (exact) mass is 372 g/mol. The van der Waals surface area contributed by atoms with E-state index in [1.807, 2.05) is 25.1 Å². The molecule has 3 atom stereocenters. The number of halogens is 1. The number of alkyl halides is 1. The molecule has 1 aliphatic heterocycles. The first-order chi connectivity index (χ1) is 9.99. The van der Waals surface area contributed by atoms with Crippen LogP contribution < -0.4 is 4.72 Å². The number of nitrogens with one attached hydrogen (secondary N) is 1. The molecule has 1 aromatic rings. The predicted molar refractivity (Wildman–Crippen MR) is 87.7 cm³/mol. The van der Waals surface area contributed by atoms with Gasteiger partial charge in [0.1, 0.15) is 0 Å². The summed E-state index contributed by atoms with van der Waals surface area (Å²) < 4.78 is 29.9. The molecule has 0 bridgehead atoms. The molecule has 3 rings (SSSR count). The van der Waals surface area contributed by atoms with Gasteiger partial charge in [0, 0.05) is 17.4 Å². The van der Waals surface area contributed by atoms with Gasteiger partial charge in [-0.1, -0.05) is 46.6 Å². The zero-order valence-electron chi connectivity index (χ0n) is 12.1. The van der Waals surface area contributed by atoms with E-state index in [0.717, 1.165) is 31.2 Å². The summed E-state index contributed by atoms with van der Waals surface area (Å²) in [5.74, 6) is 0. The number of benzene rings is 1. The van der Waals surface area contributed by atoms with Crippen molar-refractivity contribution in [1.29, 1.82) is 0 Å². The Kier molecular flexibility index (Phi) is 4.41. The van der Waals surface area contributed by atoms with Gasteiger partial charge < -0.3 is 0 Å². The summed E-state index contributed by atoms with van der Waals surface area (Å²) in [6, 6.07) is 7.96. The Morgan fingerprint density at radius 1 is 1.29 bits per heavy atom. The summed E-state index contributed by atoms with van der Waals surface area (Å²) in [4.78, 5) is 0.116. The molecule has 0 radical (unpaired) electrons. The Morgan fingerprint density at radius 3 is 2.81 bits per heavy atom. The molecule has 2 aliphatic rings. The van der Waals surface area contributed by atoms with Crippen molar-refractivity contribution in [3.05, 3.63) is 35.4 Å². The third-order valence-corrected chi connectivity index (χ3v) is 7.06. The molecule has 0 amide bonds. The van der Waals surface area contributed by atoms with E-state index in [1.54, 1.807) is 4.31 Å². The largest absolute Gasteiger partial charge is 0.280 e. The van der Waals surface area contributed by atoms with Crippen molar-refractivity contribution < 1.29 is 8.42 Å². The lowest BCUT2D eigenvalue weighted by Gasteiger charge is -2.33. The average molecular weight is 373 g/mol. The number of fused-ring (bicyclic) bond motifs is 1. The molecule has 0 aromatic heterocycles. The third-order valence-electron chi connectivity index (χ3n) is 4.49. The maximum Gasteiger partial charge on any atom is 0.280 e. The minimum absolute atomic E-state index is 0.0849. The van der Waals surface area contributed by atoms with E-state index in [9.17, 15) is 8.42 Å². The highest BCUT2D eigenvalue weighted by Crippen LogP contribution is 2.36. The number of hydrogen-bond donors (Lipinski definition) is 1. The molecular weight excluding hydrogens is 352 g/mol. The second-order valence-electron chi connectivity index (χ2n) is 5.98. The van der Waals surface area contributed by atoms with Gasteiger partial charge in [-0.15, -0.1) is 0 Å². The first kappa shape index (κ1) is 15.5. The second-order valence-corrected chi connectivity index (χ2v) is 8.81. The van der Waals surface area contributed by atoms with Crippen molar-refractivity contribution >= 4 is 26.1 Å². The van der Waals surface area contributed by atoms with Gasteiger partial charge in [0.25, 0.3) is 10.2 Å². The summed E-state index contributed by atoms with van der Waals surface area (Å²) in [6.07, 6.45) is 3.86. The first-order valence-corrected chi connectivity index (χ1v) is 9.85. The van der Waals surface area contributed by atoms with Crippen LogP contribution in [0, 0.1) is 0 Å². The quantitative estimate of drug-likeness (QED) is 0.829. The maximum absolute atomic E-state index is 12.7. The van der Waals surface area contributed by atoms with Gasteiger partial charge in [0.2, 0.25) is 0 Å². The Bertz CT molecular complexity index is 620. The lowest BCUT2D eigenvalue weighted by Crippen LogP contribution is -2.49. The van der Waals surface area contributed by atoms with E-state index in [-0.39, 0.29) is 16.9 Å². The van der Waals surface area contributed by atoms with Gasteiger partial charge in [-0.25, -0.2) is 0 Å². The molecule has 1 saturated heterocycles. The van der Waals surface area contributed by atoms with Crippen LogP contribution in [0.25, 0.3) is 0 Å². The van der Waals surface area contributed by atoms with Crippen molar-refractivity contribution in [2.45, 2.75) is 49.5 Å². The van der Waals surface area contributed by atoms with Gasteiger partial charge in [0.15, 0.2) is 0 Å². The smallest absolute Gasteiger partial charge is 0.195 e. The van der Waals surface area contributed by atoms with Gasteiger partial charge in [0.05, 0.1) is 6.04 Å². The van der Waals surface area contributed by atoms with Crippen molar-refractivity contribution in [3.8, 4) is 0 Å². The average Bonchev–Trinajstić information content (AvgIpc) is 2.75. The number of rotatable bonds is 3. The molecule has 0 saturated carbocycles. The molecule has 1 N–H and O–H groups in total. The lowest BCUT2D eigenvalue weighted by atomic mass is 10.1. The normalized spacial score (nSPS) is 30.3. The molecule has 116 valence electrons. The van der Waals surface area contributed by atoms with E-state index in [2.05, 4.69) is 26.7 Å². The molecule has 4 nitrogen and oxygen atoms in total. The maximum atomic E-state index is 12.7. The molecule has 1 heterocycles.